The smallest absolute Gasteiger partial charge is 0.228 e. The first-order chi connectivity index (χ1) is 9.24. The number of hydrogen-bond donors (Lipinski definition) is 1. The number of thiophene rings is 1. The standard InChI is InChI=1S/C14H17N3OS/c1-10(12-3-2-8-19-12)14(18)16-11-4-5-13-15-6-7-17(13)9-11/h2-3,6-8,10-11H,4-5,9H2,1H3,(H,16,18). The number of nitrogens with zero attached hydrogens (tertiary/aromatic N) is 2. The first-order valence-corrected chi connectivity index (χ1v) is 7.46. The van der Waals surface area contributed by atoms with Gasteiger partial charge in [0.15, 0.2) is 0 Å². The highest BCUT2D eigenvalue weighted by Crippen LogP contribution is 2.21. The molecule has 0 aliphatic carbocycles. The van der Waals surface area contributed by atoms with Crippen molar-refractivity contribution in [3.05, 3.63) is 40.6 Å². The van der Waals surface area contributed by atoms with Gasteiger partial charge in [0.2, 0.25) is 5.91 Å². The minimum absolute atomic E-state index is 0.0656. The summed E-state index contributed by atoms with van der Waals surface area (Å²) >= 11 is 1.64. The van der Waals surface area contributed by atoms with E-state index in [1.807, 2.05) is 36.8 Å². The molecule has 0 radical (unpaired) electrons. The van der Waals surface area contributed by atoms with E-state index in [0.29, 0.717) is 0 Å². The predicted molar refractivity (Wildman–Crippen MR) is 75.2 cm³/mol. The summed E-state index contributed by atoms with van der Waals surface area (Å²) in [5.41, 5.74) is 0. The van der Waals surface area contributed by atoms with Crippen molar-refractivity contribution in [1.29, 1.82) is 0 Å². The molecule has 0 fully saturated rings. The molecule has 19 heavy (non-hydrogen) atoms. The second kappa shape index (κ2) is 5.17. The minimum Gasteiger partial charge on any atom is -0.351 e. The number of hydrogen-bond acceptors (Lipinski definition) is 3. The predicted octanol–water partition coefficient (Wildman–Crippen LogP) is 2.18. The average molecular weight is 275 g/mol. The summed E-state index contributed by atoms with van der Waals surface area (Å²) in [6, 6.07) is 4.22. The Hall–Kier alpha value is -1.62. The van der Waals surface area contributed by atoms with Crippen LogP contribution in [0.3, 0.4) is 0 Å². The van der Waals surface area contributed by atoms with Crippen molar-refractivity contribution in [1.82, 2.24) is 14.9 Å². The van der Waals surface area contributed by atoms with Crippen molar-refractivity contribution in [2.45, 2.75) is 38.3 Å². The zero-order chi connectivity index (χ0) is 13.2. The summed E-state index contributed by atoms with van der Waals surface area (Å²) in [7, 11) is 0. The molecule has 100 valence electrons. The second-order valence-corrected chi connectivity index (χ2v) is 5.96. The first-order valence-electron chi connectivity index (χ1n) is 6.58. The number of imidazole rings is 1. The molecular weight excluding hydrogens is 258 g/mol. The summed E-state index contributed by atoms with van der Waals surface area (Å²) in [5, 5.41) is 5.17. The van der Waals surface area contributed by atoms with Gasteiger partial charge < -0.3 is 9.88 Å². The number of fused-ring (bicyclic) bond motifs is 1. The van der Waals surface area contributed by atoms with Gasteiger partial charge in [0.05, 0.1) is 5.92 Å². The molecule has 0 bridgehead atoms. The highest BCUT2D eigenvalue weighted by Gasteiger charge is 2.23. The molecule has 1 aliphatic rings. The van der Waals surface area contributed by atoms with Gasteiger partial charge >= 0.3 is 0 Å². The van der Waals surface area contributed by atoms with E-state index in [4.69, 9.17) is 0 Å². The summed E-state index contributed by atoms with van der Waals surface area (Å²) < 4.78 is 2.13. The monoisotopic (exact) mass is 275 g/mol. The van der Waals surface area contributed by atoms with Crippen LogP contribution in [0.5, 0.6) is 0 Å². The van der Waals surface area contributed by atoms with Gasteiger partial charge in [-0.2, -0.15) is 0 Å². The van der Waals surface area contributed by atoms with Crippen molar-refractivity contribution in [2.24, 2.45) is 0 Å². The number of amides is 1. The molecule has 2 unspecified atom stereocenters. The first kappa shape index (κ1) is 12.4. The lowest BCUT2D eigenvalue weighted by atomic mass is 10.0. The van der Waals surface area contributed by atoms with E-state index in [2.05, 4.69) is 14.9 Å². The zero-order valence-electron chi connectivity index (χ0n) is 10.9. The molecule has 1 amide bonds. The highest BCUT2D eigenvalue weighted by molar-refractivity contribution is 7.10. The van der Waals surface area contributed by atoms with Crippen LogP contribution in [0.15, 0.2) is 29.9 Å². The molecule has 0 saturated carbocycles. The minimum atomic E-state index is -0.0656. The van der Waals surface area contributed by atoms with Crippen molar-refractivity contribution in [2.75, 3.05) is 0 Å². The number of rotatable bonds is 3. The Morgan fingerprint density at radius 1 is 1.63 bits per heavy atom. The number of carbonyl (C=O) groups is 1. The van der Waals surface area contributed by atoms with Gasteiger partial charge in [0.25, 0.3) is 0 Å². The fourth-order valence-electron chi connectivity index (χ4n) is 2.48. The molecule has 3 heterocycles. The molecule has 1 aliphatic heterocycles. The van der Waals surface area contributed by atoms with Crippen LogP contribution >= 0.6 is 11.3 Å². The van der Waals surface area contributed by atoms with Gasteiger partial charge in [-0.05, 0) is 24.8 Å². The third-order valence-electron chi connectivity index (χ3n) is 3.64. The van der Waals surface area contributed by atoms with Crippen LogP contribution < -0.4 is 5.32 Å². The normalized spacial score (nSPS) is 19.7. The topological polar surface area (TPSA) is 46.9 Å². The molecule has 0 saturated heterocycles. The van der Waals surface area contributed by atoms with Gasteiger partial charge in [-0.15, -0.1) is 11.3 Å². The lowest BCUT2D eigenvalue weighted by Crippen LogP contribution is -2.42. The number of carbonyl (C=O) groups excluding carboxylic acids is 1. The van der Waals surface area contributed by atoms with E-state index >= 15 is 0 Å². The molecule has 2 atom stereocenters. The number of nitrogens with one attached hydrogen (secondary N) is 1. The Balaban J connectivity index is 1.62. The van der Waals surface area contributed by atoms with Gasteiger partial charge in [-0.1, -0.05) is 6.07 Å². The lowest BCUT2D eigenvalue weighted by molar-refractivity contribution is -0.123. The van der Waals surface area contributed by atoms with Crippen LogP contribution in [0, 0.1) is 0 Å². The zero-order valence-corrected chi connectivity index (χ0v) is 11.7. The second-order valence-electron chi connectivity index (χ2n) is 4.98. The van der Waals surface area contributed by atoms with E-state index in [-0.39, 0.29) is 17.9 Å². The molecule has 2 aromatic heterocycles. The molecule has 4 nitrogen and oxygen atoms in total. The van der Waals surface area contributed by atoms with Crippen LogP contribution in [0.2, 0.25) is 0 Å². The maximum absolute atomic E-state index is 12.2. The van der Waals surface area contributed by atoms with Gasteiger partial charge in [-0.3, -0.25) is 4.79 Å². The molecule has 0 spiro atoms. The van der Waals surface area contributed by atoms with Crippen molar-refractivity contribution >= 4 is 17.2 Å². The summed E-state index contributed by atoms with van der Waals surface area (Å²) in [6.07, 6.45) is 5.72. The Morgan fingerprint density at radius 2 is 2.53 bits per heavy atom. The molecule has 1 N–H and O–H groups in total. The highest BCUT2D eigenvalue weighted by atomic mass is 32.1. The van der Waals surface area contributed by atoms with E-state index < -0.39 is 0 Å². The van der Waals surface area contributed by atoms with Crippen molar-refractivity contribution in [3.8, 4) is 0 Å². The quantitative estimate of drug-likeness (QED) is 0.933. The molecule has 5 heteroatoms. The van der Waals surface area contributed by atoms with Crippen LogP contribution in [-0.4, -0.2) is 21.5 Å². The molecule has 2 aromatic rings. The van der Waals surface area contributed by atoms with E-state index in [1.54, 1.807) is 11.3 Å². The van der Waals surface area contributed by atoms with Crippen molar-refractivity contribution < 1.29 is 4.79 Å². The van der Waals surface area contributed by atoms with Crippen LogP contribution in [-0.2, 0) is 17.8 Å². The molecular formula is C14H17N3OS. The number of aryl methyl sites for hydroxylation is 1. The molecule has 0 aromatic carbocycles. The summed E-state index contributed by atoms with van der Waals surface area (Å²) in [5.74, 6) is 1.18. The Kier molecular flexibility index (Phi) is 3.38. The lowest BCUT2D eigenvalue weighted by Gasteiger charge is -2.25. The fourth-order valence-corrected chi connectivity index (χ4v) is 3.26. The number of aromatic nitrogens is 2. The Bertz CT molecular complexity index is 561. The average Bonchev–Trinajstić information content (AvgIpc) is 3.08. The summed E-state index contributed by atoms with van der Waals surface area (Å²) in [6.45, 7) is 2.80. The maximum atomic E-state index is 12.2. The van der Waals surface area contributed by atoms with Gasteiger partial charge in [0.1, 0.15) is 5.82 Å². The van der Waals surface area contributed by atoms with Crippen molar-refractivity contribution in [3.63, 3.8) is 0 Å². The molecule has 3 rings (SSSR count). The van der Waals surface area contributed by atoms with E-state index in [9.17, 15) is 4.79 Å². The summed E-state index contributed by atoms with van der Waals surface area (Å²) in [4.78, 5) is 17.7. The van der Waals surface area contributed by atoms with E-state index in [0.717, 1.165) is 30.1 Å². The van der Waals surface area contributed by atoms with Crippen LogP contribution in [0.1, 0.15) is 30.0 Å². The Morgan fingerprint density at radius 3 is 3.32 bits per heavy atom. The van der Waals surface area contributed by atoms with Crippen LogP contribution in [0.4, 0.5) is 0 Å². The van der Waals surface area contributed by atoms with Gasteiger partial charge in [-0.25, -0.2) is 4.98 Å². The SMILES string of the molecule is CC(C(=O)NC1CCc2nccn2C1)c1cccs1. The third-order valence-corrected chi connectivity index (χ3v) is 4.70. The Labute approximate surface area is 116 Å². The van der Waals surface area contributed by atoms with Crippen LogP contribution in [0.25, 0.3) is 0 Å². The fraction of sp³-hybridized carbons (Fsp3) is 0.429. The maximum Gasteiger partial charge on any atom is 0.228 e. The third kappa shape index (κ3) is 2.56. The largest absolute Gasteiger partial charge is 0.351 e. The van der Waals surface area contributed by atoms with Gasteiger partial charge in [0, 0.05) is 36.3 Å². The van der Waals surface area contributed by atoms with E-state index in [1.165, 1.54) is 0 Å².